The van der Waals surface area contributed by atoms with Crippen LogP contribution in [0.2, 0.25) is 0 Å². The molecule has 2 aliphatic heterocycles. The van der Waals surface area contributed by atoms with E-state index >= 15 is 0 Å². The lowest BCUT2D eigenvalue weighted by Crippen LogP contribution is -2.30. The number of carbonyl (C=O) groups excluding carboxylic acids is 1. The maximum Gasteiger partial charge on any atom is 0.308 e. The minimum absolute atomic E-state index is 0.158. The molecule has 1 N–H and O–H groups in total. The summed E-state index contributed by atoms with van der Waals surface area (Å²) >= 11 is 0. The number of nitrogens with zero attached hydrogens (tertiary/aromatic N) is 3. The van der Waals surface area contributed by atoms with Crippen LogP contribution in [0, 0.1) is 12.8 Å². The summed E-state index contributed by atoms with van der Waals surface area (Å²) in [4.78, 5) is 26.3. The van der Waals surface area contributed by atoms with Gasteiger partial charge in [-0.1, -0.05) is 6.07 Å². The summed E-state index contributed by atoms with van der Waals surface area (Å²) in [6.07, 6.45) is 0. The van der Waals surface area contributed by atoms with Crippen molar-refractivity contribution in [3.63, 3.8) is 0 Å². The van der Waals surface area contributed by atoms with Crippen molar-refractivity contribution < 1.29 is 24.2 Å². The minimum Gasteiger partial charge on any atom is -0.481 e. The highest BCUT2D eigenvalue weighted by Gasteiger charge is 2.41. The summed E-state index contributed by atoms with van der Waals surface area (Å²) in [5.41, 5.74) is 2.09. The van der Waals surface area contributed by atoms with Crippen LogP contribution >= 0.6 is 0 Å². The number of fused-ring (bicyclic) bond motifs is 1. The molecule has 8 nitrogen and oxygen atoms in total. The Kier molecular flexibility index (Phi) is 4.25. The molecule has 27 heavy (non-hydrogen) atoms. The second kappa shape index (κ2) is 6.61. The van der Waals surface area contributed by atoms with Gasteiger partial charge in [-0.15, -0.1) is 0 Å². The van der Waals surface area contributed by atoms with Gasteiger partial charge in [0.25, 0.3) is 5.91 Å². The Morgan fingerprint density at radius 2 is 2.00 bits per heavy atom. The summed E-state index contributed by atoms with van der Waals surface area (Å²) in [5, 5.41) is 14.0. The van der Waals surface area contributed by atoms with Crippen LogP contribution in [-0.4, -0.2) is 51.5 Å². The van der Waals surface area contributed by atoms with E-state index in [1.165, 1.54) is 0 Å². The van der Waals surface area contributed by atoms with Gasteiger partial charge in [-0.2, -0.15) is 5.10 Å². The highest BCUT2D eigenvalue weighted by molar-refractivity contribution is 5.93. The Morgan fingerprint density at radius 1 is 1.22 bits per heavy atom. The normalized spacial score (nSPS) is 20.9. The molecular formula is C19H21N3O5. The van der Waals surface area contributed by atoms with Crippen LogP contribution in [0.25, 0.3) is 0 Å². The lowest BCUT2D eigenvalue weighted by molar-refractivity contribution is -0.141. The molecule has 0 radical (unpaired) electrons. The molecule has 8 heteroatoms. The monoisotopic (exact) mass is 371 g/mol. The van der Waals surface area contributed by atoms with Crippen molar-refractivity contribution in [2.24, 2.45) is 5.92 Å². The molecule has 142 valence electrons. The first-order chi connectivity index (χ1) is 13.0. The molecule has 2 atom stereocenters. The van der Waals surface area contributed by atoms with Crippen molar-refractivity contribution >= 4 is 11.9 Å². The quantitative estimate of drug-likeness (QED) is 0.882. The first kappa shape index (κ1) is 17.4. The molecule has 0 unspecified atom stereocenters. The molecule has 3 heterocycles. The summed E-state index contributed by atoms with van der Waals surface area (Å²) in [5.74, 6) is -0.877. The van der Waals surface area contributed by atoms with E-state index in [0.717, 1.165) is 11.3 Å². The predicted molar refractivity (Wildman–Crippen MR) is 95.0 cm³/mol. The van der Waals surface area contributed by atoms with Crippen LogP contribution in [0.3, 0.4) is 0 Å². The van der Waals surface area contributed by atoms with Gasteiger partial charge in [0, 0.05) is 31.2 Å². The summed E-state index contributed by atoms with van der Waals surface area (Å²) in [7, 11) is 0. The number of aryl methyl sites for hydroxylation is 2. The topological polar surface area (TPSA) is 93.9 Å². The van der Waals surface area contributed by atoms with Crippen LogP contribution in [0.5, 0.6) is 11.5 Å². The van der Waals surface area contributed by atoms with Crippen molar-refractivity contribution in [3.8, 4) is 11.5 Å². The van der Waals surface area contributed by atoms with E-state index in [4.69, 9.17) is 9.47 Å². The fourth-order valence-electron chi connectivity index (χ4n) is 3.80. The molecule has 0 spiro atoms. The Bertz CT molecular complexity index is 907. The lowest BCUT2D eigenvalue weighted by Gasteiger charge is -2.16. The molecule has 0 bridgehead atoms. The Hall–Kier alpha value is -3.03. The van der Waals surface area contributed by atoms with E-state index in [9.17, 15) is 14.7 Å². The summed E-state index contributed by atoms with van der Waals surface area (Å²) < 4.78 is 12.5. The second-order valence-electron chi connectivity index (χ2n) is 6.86. The number of aromatic nitrogens is 2. The van der Waals surface area contributed by atoms with Gasteiger partial charge in [-0.3, -0.25) is 14.3 Å². The van der Waals surface area contributed by atoms with Crippen LogP contribution < -0.4 is 9.47 Å². The molecule has 4 rings (SSSR count). The number of ether oxygens (including phenoxy) is 2. The lowest BCUT2D eigenvalue weighted by atomic mass is 9.89. The van der Waals surface area contributed by atoms with Gasteiger partial charge in [-0.05, 0) is 37.6 Å². The molecular weight excluding hydrogens is 350 g/mol. The van der Waals surface area contributed by atoms with E-state index < -0.39 is 11.9 Å². The molecule has 2 aromatic rings. The third-order valence-corrected chi connectivity index (χ3v) is 5.25. The number of benzene rings is 1. The van der Waals surface area contributed by atoms with Crippen molar-refractivity contribution in [2.45, 2.75) is 26.3 Å². The van der Waals surface area contributed by atoms with E-state index in [0.29, 0.717) is 30.3 Å². The van der Waals surface area contributed by atoms with Gasteiger partial charge in [-0.25, -0.2) is 0 Å². The van der Waals surface area contributed by atoms with Crippen molar-refractivity contribution in [2.75, 3.05) is 19.9 Å². The van der Waals surface area contributed by atoms with E-state index in [2.05, 4.69) is 5.10 Å². The van der Waals surface area contributed by atoms with Gasteiger partial charge in [0.05, 0.1) is 5.92 Å². The summed E-state index contributed by atoms with van der Waals surface area (Å²) in [6.45, 7) is 5.18. The van der Waals surface area contributed by atoms with Crippen LogP contribution in [-0.2, 0) is 11.3 Å². The fourth-order valence-corrected chi connectivity index (χ4v) is 3.80. The standard InChI is InChI=1S/C19H21N3O5/c1-3-22-11(2)6-15(20-22)18(23)21-8-13(14(9-21)19(24)25)12-4-5-16-17(7-12)27-10-26-16/h4-7,13-14H,3,8-10H2,1-2H3,(H,24,25)/t13-,14+/m1/s1. The van der Waals surface area contributed by atoms with E-state index in [1.807, 2.05) is 26.0 Å². The zero-order valence-corrected chi connectivity index (χ0v) is 15.2. The van der Waals surface area contributed by atoms with Gasteiger partial charge in [0.15, 0.2) is 17.2 Å². The average Bonchev–Trinajstić information content (AvgIpc) is 3.37. The fraction of sp³-hybridized carbons (Fsp3) is 0.421. The number of carboxylic acid groups (broad SMARTS) is 1. The Balaban J connectivity index is 1.60. The zero-order valence-electron chi connectivity index (χ0n) is 15.2. The molecule has 1 amide bonds. The van der Waals surface area contributed by atoms with Crippen LogP contribution in [0.4, 0.5) is 0 Å². The Labute approximate surface area is 156 Å². The van der Waals surface area contributed by atoms with Crippen LogP contribution in [0.1, 0.15) is 34.6 Å². The minimum atomic E-state index is -0.914. The number of rotatable bonds is 4. The molecule has 1 saturated heterocycles. The molecule has 1 aromatic heterocycles. The molecule has 0 aliphatic carbocycles. The highest BCUT2D eigenvalue weighted by atomic mass is 16.7. The maximum absolute atomic E-state index is 12.9. The third-order valence-electron chi connectivity index (χ3n) is 5.25. The zero-order chi connectivity index (χ0) is 19.1. The number of hydrogen-bond donors (Lipinski definition) is 1. The number of hydrogen-bond acceptors (Lipinski definition) is 5. The molecule has 1 aromatic carbocycles. The smallest absolute Gasteiger partial charge is 0.308 e. The predicted octanol–water partition coefficient (Wildman–Crippen LogP) is 1.88. The second-order valence-corrected chi connectivity index (χ2v) is 6.86. The largest absolute Gasteiger partial charge is 0.481 e. The highest BCUT2D eigenvalue weighted by Crippen LogP contribution is 2.39. The van der Waals surface area contributed by atoms with Crippen LogP contribution in [0.15, 0.2) is 24.3 Å². The summed E-state index contributed by atoms with van der Waals surface area (Å²) in [6, 6.07) is 7.19. The van der Waals surface area contributed by atoms with Crippen molar-refractivity contribution in [1.29, 1.82) is 0 Å². The maximum atomic E-state index is 12.9. The molecule has 1 fully saturated rings. The van der Waals surface area contributed by atoms with E-state index in [1.54, 1.807) is 21.7 Å². The SMILES string of the molecule is CCn1nc(C(=O)N2C[C@H](C(=O)O)[C@@H](c3ccc4c(c3)OCO4)C2)cc1C. The molecule has 2 aliphatic rings. The number of aliphatic carboxylic acids is 1. The van der Waals surface area contributed by atoms with Gasteiger partial charge < -0.3 is 19.5 Å². The molecule has 0 saturated carbocycles. The number of carbonyl (C=O) groups is 2. The average molecular weight is 371 g/mol. The first-order valence-electron chi connectivity index (χ1n) is 8.94. The van der Waals surface area contributed by atoms with Crippen molar-refractivity contribution in [3.05, 3.63) is 41.2 Å². The number of carboxylic acids is 1. The third kappa shape index (κ3) is 3.01. The van der Waals surface area contributed by atoms with Gasteiger partial charge in [0.2, 0.25) is 6.79 Å². The van der Waals surface area contributed by atoms with Gasteiger partial charge >= 0.3 is 5.97 Å². The van der Waals surface area contributed by atoms with E-state index in [-0.39, 0.29) is 25.2 Å². The number of amides is 1. The Morgan fingerprint density at radius 3 is 2.70 bits per heavy atom. The van der Waals surface area contributed by atoms with Gasteiger partial charge in [0.1, 0.15) is 0 Å². The number of likely N-dealkylation sites (tertiary alicyclic amines) is 1. The first-order valence-corrected chi connectivity index (χ1v) is 8.94. The van der Waals surface area contributed by atoms with Crippen molar-refractivity contribution in [1.82, 2.24) is 14.7 Å².